The molecule has 0 fully saturated rings. The molecular formula is C60H100O6. The highest BCUT2D eigenvalue weighted by molar-refractivity contribution is 5.71. The summed E-state index contributed by atoms with van der Waals surface area (Å²) in [5.41, 5.74) is 5.95. The smallest absolute Gasteiger partial charge is 0.306 e. The number of rotatable bonds is 27. The fourth-order valence-electron chi connectivity index (χ4n) is 11.5. The molecule has 0 aromatic heterocycles. The van der Waals surface area contributed by atoms with E-state index in [9.17, 15) is 15.0 Å². The fourth-order valence-corrected chi connectivity index (χ4v) is 11.5. The Hall–Kier alpha value is -2.89. The highest BCUT2D eigenvalue weighted by Gasteiger charge is 2.47. The van der Waals surface area contributed by atoms with Crippen molar-refractivity contribution in [2.45, 2.75) is 263 Å². The number of phenols is 2. The third-order valence-electron chi connectivity index (χ3n) is 16.9. The second-order valence-corrected chi connectivity index (χ2v) is 23.9. The van der Waals surface area contributed by atoms with E-state index in [4.69, 9.17) is 14.2 Å². The van der Waals surface area contributed by atoms with Gasteiger partial charge in [0.1, 0.15) is 40.3 Å². The average molecular weight is 917 g/mol. The molecule has 0 spiro atoms. The van der Waals surface area contributed by atoms with Crippen LogP contribution in [-0.2, 0) is 22.4 Å². The van der Waals surface area contributed by atoms with E-state index in [0.717, 1.165) is 118 Å². The number of hydrogen-bond donors (Lipinski definition) is 2. The van der Waals surface area contributed by atoms with Crippen LogP contribution in [0.2, 0.25) is 0 Å². The van der Waals surface area contributed by atoms with Gasteiger partial charge in [-0.05, 0) is 156 Å². The molecule has 0 radical (unpaired) electrons. The topological polar surface area (TPSA) is 85.2 Å². The summed E-state index contributed by atoms with van der Waals surface area (Å²) in [5.74, 6) is 6.39. The Morgan fingerprint density at radius 2 is 0.864 bits per heavy atom. The SMILES string of the molecule is Cc1c(C)c2c(c(C)c1O)C[C@H](CC(=O)O[C@@H]1Cc3c(C)c(O)c(C)c(C)c3O[C@@]1(C)CCC[C@H](C)CCC[C@@H](C)CCCC(C)C)[C@](C)(CCC[C@H](C)CCC[C@@H](C)CCCC(C)C)O2. The van der Waals surface area contributed by atoms with Gasteiger partial charge in [0, 0.05) is 23.5 Å². The summed E-state index contributed by atoms with van der Waals surface area (Å²) in [4.78, 5) is 14.6. The summed E-state index contributed by atoms with van der Waals surface area (Å²) in [6, 6.07) is 0. The third kappa shape index (κ3) is 15.1. The number of carbonyl (C=O) groups is 1. The molecule has 6 heteroatoms. The molecule has 2 heterocycles. The van der Waals surface area contributed by atoms with Gasteiger partial charge < -0.3 is 24.4 Å². The minimum absolute atomic E-state index is 0.128. The largest absolute Gasteiger partial charge is 0.507 e. The van der Waals surface area contributed by atoms with Crippen molar-refractivity contribution < 1.29 is 29.2 Å². The Bertz CT molecular complexity index is 1730. The van der Waals surface area contributed by atoms with Crippen molar-refractivity contribution in [3.63, 3.8) is 0 Å². The summed E-state index contributed by atoms with van der Waals surface area (Å²) in [6.07, 6.45) is 22.4. The Labute approximate surface area is 405 Å². The number of fused-ring (bicyclic) bond motifs is 2. The van der Waals surface area contributed by atoms with Crippen molar-refractivity contribution in [3.05, 3.63) is 44.5 Å². The van der Waals surface area contributed by atoms with Crippen LogP contribution in [0.5, 0.6) is 23.0 Å². The van der Waals surface area contributed by atoms with E-state index in [-0.39, 0.29) is 18.3 Å². The molecule has 0 saturated heterocycles. The van der Waals surface area contributed by atoms with Crippen LogP contribution in [0.3, 0.4) is 0 Å². The molecule has 8 atom stereocenters. The number of esters is 1. The summed E-state index contributed by atoms with van der Waals surface area (Å²) in [7, 11) is 0. The lowest BCUT2D eigenvalue weighted by atomic mass is 9.74. The minimum atomic E-state index is -0.716. The molecule has 2 aromatic rings. The van der Waals surface area contributed by atoms with Crippen molar-refractivity contribution in [1.29, 1.82) is 0 Å². The minimum Gasteiger partial charge on any atom is -0.507 e. The van der Waals surface area contributed by atoms with Crippen molar-refractivity contribution in [3.8, 4) is 23.0 Å². The Kier molecular flexibility index (Phi) is 21.2. The van der Waals surface area contributed by atoms with Gasteiger partial charge in [-0.3, -0.25) is 4.79 Å². The van der Waals surface area contributed by atoms with Crippen LogP contribution in [0, 0.1) is 83.0 Å². The van der Waals surface area contributed by atoms with Crippen LogP contribution in [0.15, 0.2) is 0 Å². The van der Waals surface area contributed by atoms with Gasteiger partial charge in [0.15, 0.2) is 0 Å². The lowest BCUT2D eigenvalue weighted by Crippen LogP contribution is -2.52. The van der Waals surface area contributed by atoms with Crippen LogP contribution in [-0.4, -0.2) is 33.5 Å². The maximum absolute atomic E-state index is 14.6. The molecular weight excluding hydrogens is 817 g/mol. The zero-order chi connectivity index (χ0) is 49.1. The first-order valence-corrected chi connectivity index (χ1v) is 27.2. The molecule has 4 rings (SSSR count). The van der Waals surface area contributed by atoms with E-state index in [0.29, 0.717) is 36.2 Å². The van der Waals surface area contributed by atoms with E-state index < -0.39 is 17.3 Å². The maximum Gasteiger partial charge on any atom is 0.306 e. The second kappa shape index (κ2) is 25.1. The van der Waals surface area contributed by atoms with E-state index >= 15 is 0 Å². The molecule has 6 nitrogen and oxygen atoms in total. The summed E-state index contributed by atoms with van der Waals surface area (Å²) < 4.78 is 20.9. The lowest BCUT2D eigenvalue weighted by Gasteiger charge is -2.45. The summed E-state index contributed by atoms with van der Waals surface area (Å²) >= 11 is 0. The maximum atomic E-state index is 14.6. The second-order valence-electron chi connectivity index (χ2n) is 23.9. The first kappa shape index (κ1) is 55.7. The van der Waals surface area contributed by atoms with Crippen molar-refractivity contribution >= 4 is 5.97 Å². The Balaban J connectivity index is 1.48. The third-order valence-corrected chi connectivity index (χ3v) is 16.9. The predicted octanol–water partition coefficient (Wildman–Crippen LogP) is 16.8. The normalized spacial score (nSPS) is 22.3. The zero-order valence-corrected chi connectivity index (χ0v) is 45.5. The monoisotopic (exact) mass is 917 g/mol. The standard InChI is InChI=1S/C60H100O6/c1-38(2)23-17-25-40(5)27-19-29-42(7)31-21-33-59(15)50(35-51-48(13)55(62)44(9)46(11)57(51)65-59)36-54(61)64-53-37-52-49(14)56(63)45(10)47(12)58(52)66-60(53,16)34-22-32-43(8)30-20-28-41(6)26-18-24-39(3)4/h38-43,50,53,62-63H,17-37H2,1-16H3/t40-,41-,42+,43+,50+,53+,59-,60-/m0/s1. The van der Waals surface area contributed by atoms with Gasteiger partial charge in [0.05, 0.1) is 6.42 Å². The van der Waals surface area contributed by atoms with Gasteiger partial charge in [0.25, 0.3) is 0 Å². The number of ether oxygens (including phenoxy) is 3. The first-order valence-electron chi connectivity index (χ1n) is 27.2. The number of carbonyl (C=O) groups excluding carboxylic acids is 1. The van der Waals surface area contributed by atoms with E-state index in [1.165, 1.54) is 77.0 Å². The molecule has 0 unspecified atom stereocenters. The van der Waals surface area contributed by atoms with Crippen molar-refractivity contribution in [2.75, 3.05) is 0 Å². The molecule has 0 saturated carbocycles. The predicted molar refractivity (Wildman–Crippen MR) is 278 cm³/mol. The van der Waals surface area contributed by atoms with Crippen molar-refractivity contribution in [1.82, 2.24) is 0 Å². The number of hydrogen-bond acceptors (Lipinski definition) is 6. The van der Waals surface area contributed by atoms with Gasteiger partial charge in [-0.25, -0.2) is 0 Å². The quantitative estimate of drug-likeness (QED) is 0.0869. The van der Waals surface area contributed by atoms with Gasteiger partial charge in [0.2, 0.25) is 0 Å². The number of benzene rings is 2. The Morgan fingerprint density at radius 3 is 1.27 bits per heavy atom. The van der Waals surface area contributed by atoms with Crippen LogP contribution in [0.25, 0.3) is 0 Å². The average Bonchev–Trinajstić information content (AvgIpc) is 3.24. The van der Waals surface area contributed by atoms with Crippen LogP contribution >= 0.6 is 0 Å². The van der Waals surface area contributed by atoms with Crippen LogP contribution in [0.4, 0.5) is 0 Å². The summed E-state index contributed by atoms with van der Waals surface area (Å²) in [5, 5.41) is 22.3. The van der Waals surface area contributed by atoms with E-state index in [1.807, 2.05) is 34.6 Å². The zero-order valence-electron chi connectivity index (χ0n) is 45.5. The highest BCUT2D eigenvalue weighted by atomic mass is 16.6. The highest BCUT2D eigenvalue weighted by Crippen LogP contribution is 2.49. The molecule has 0 bridgehead atoms. The van der Waals surface area contributed by atoms with E-state index in [1.54, 1.807) is 0 Å². The molecule has 2 N–H and O–H groups in total. The van der Waals surface area contributed by atoms with Crippen molar-refractivity contribution in [2.24, 2.45) is 41.4 Å². The number of phenolic OH excluding ortho intramolecular Hbond substituents is 2. The molecule has 2 aliphatic heterocycles. The van der Waals surface area contributed by atoms with Crippen LogP contribution in [0.1, 0.15) is 236 Å². The van der Waals surface area contributed by atoms with Crippen LogP contribution < -0.4 is 9.47 Å². The van der Waals surface area contributed by atoms with Gasteiger partial charge in [-0.2, -0.15) is 0 Å². The first-order chi connectivity index (χ1) is 31.0. The molecule has 66 heavy (non-hydrogen) atoms. The molecule has 2 aromatic carbocycles. The number of aromatic hydroxyl groups is 2. The molecule has 376 valence electrons. The molecule has 2 aliphatic rings. The summed E-state index contributed by atoms with van der Waals surface area (Å²) in [6.45, 7) is 35.2. The van der Waals surface area contributed by atoms with E-state index in [2.05, 4.69) is 76.2 Å². The molecule has 0 aliphatic carbocycles. The molecule has 0 amide bonds. The van der Waals surface area contributed by atoms with Gasteiger partial charge >= 0.3 is 5.97 Å². The van der Waals surface area contributed by atoms with Gasteiger partial charge in [-0.1, -0.05) is 145 Å². The Morgan fingerprint density at radius 1 is 0.515 bits per heavy atom. The lowest BCUT2D eigenvalue weighted by molar-refractivity contribution is -0.167. The van der Waals surface area contributed by atoms with Gasteiger partial charge in [-0.15, -0.1) is 0 Å². The fraction of sp³-hybridized carbons (Fsp3) is 0.783.